The van der Waals surface area contributed by atoms with Crippen LogP contribution in [0.3, 0.4) is 0 Å². The molecule has 0 fully saturated rings. The van der Waals surface area contributed by atoms with Crippen molar-refractivity contribution >= 4 is 33.0 Å². The molecule has 156 valence electrons. The lowest BCUT2D eigenvalue weighted by Crippen LogP contribution is -2.26. The molecule has 0 saturated heterocycles. The summed E-state index contributed by atoms with van der Waals surface area (Å²) in [5, 5.41) is 13.8. The minimum atomic E-state index is -0.482. The van der Waals surface area contributed by atoms with Crippen molar-refractivity contribution in [3.63, 3.8) is 0 Å². The Bertz CT molecular complexity index is 1060. The Morgan fingerprint density at radius 2 is 2.10 bits per heavy atom. The van der Waals surface area contributed by atoms with Crippen LogP contribution in [0.5, 0.6) is 0 Å². The average Bonchev–Trinajstić information content (AvgIpc) is 3.18. The van der Waals surface area contributed by atoms with E-state index in [0.29, 0.717) is 24.8 Å². The van der Waals surface area contributed by atoms with E-state index in [0.717, 1.165) is 46.0 Å². The third-order valence-corrected chi connectivity index (χ3v) is 6.43. The van der Waals surface area contributed by atoms with Crippen LogP contribution in [0.15, 0.2) is 65.1 Å². The Balaban J connectivity index is 1.51. The molecule has 0 spiro atoms. The summed E-state index contributed by atoms with van der Waals surface area (Å²) in [6.45, 7) is 1.74. The standard InChI is InChI=1S/C24H26N2O3S/c1-15(27)12-18-13-16(10-11-21(18)29-2)23(28)25-19-7-5-6-17(14-19)24-26-20-8-3-4-9-22(20)30-24/h3-4,7-9,13-15,27H,5-6,10-12H2,1-2H3,(H,25,28). The number of thiazole rings is 1. The molecule has 30 heavy (non-hydrogen) atoms. The molecule has 0 saturated carbocycles. The number of amides is 1. The van der Waals surface area contributed by atoms with E-state index in [1.165, 1.54) is 4.70 Å². The van der Waals surface area contributed by atoms with E-state index in [2.05, 4.69) is 17.5 Å². The van der Waals surface area contributed by atoms with Gasteiger partial charge in [0.2, 0.25) is 0 Å². The van der Waals surface area contributed by atoms with Gasteiger partial charge in [0.25, 0.3) is 5.91 Å². The summed E-state index contributed by atoms with van der Waals surface area (Å²) in [6.07, 6.45) is 9.04. The lowest BCUT2D eigenvalue weighted by atomic mass is 9.93. The summed E-state index contributed by atoms with van der Waals surface area (Å²) in [5.41, 5.74) is 4.60. The second-order valence-corrected chi connectivity index (χ2v) is 8.71. The molecule has 5 nitrogen and oxygen atoms in total. The molecule has 6 heteroatoms. The van der Waals surface area contributed by atoms with Gasteiger partial charge in [-0.25, -0.2) is 4.98 Å². The van der Waals surface area contributed by atoms with Gasteiger partial charge in [-0.2, -0.15) is 0 Å². The molecule has 1 heterocycles. The van der Waals surface area contributed by atoms with Crippen LogP contribution in [0.25, 0.3) is 15.8 Å². The molecule has 4 rings (SSSR count). The highest BCUT2D eigenvalue weighted by Gasteiger charge is 2.21. The Labute approximate surface area is 180 Å². The predicted molar refractivity (Wildman–Crippen MR) is 121 cm³/mol. The fraction of sp³-hybridized carbons (Fsp3) is 0.333. The molecule has 1 unspecified atom stereocenters. The van der Waals surface area contributed by atoms with Crippen LogP contribution in [0.4, 0.5) is 0 Å². The number of aromatic nitrogens is 1. The van der Waals surface area contributed by atoms with Gasteiger partial charge in [0.1, 0.15) is 5.01 Å². The number of carbonyl (C=O) groups excluding carboxylic acids is 1. The van der Waals surface area contributed by atoms with Gasteiger partial charge in [-0.15, -0.1) is 11.3 Å². The summed E-state index contributed by atoms with van der Waals surface area (Å²) >= 11 is 1.69. The second-order valence-electron chi connectivity index (χ2n) is 7.68. The summed E-state index contributed by atoms with van der Waals surface area (Å²) in [6, 6.07) is 8.14. The fourth-order valence-corrected chi connectivity index (χ4v) is 4.86. The summed E-state index contributed by atoms with van der Waals surface area (Å²) in [7, 11) is 1.64. The van der Waals surface area contributed by atoms with E-state index in [-0.39, 0.29) is 5.91 Å². The third kappa shape index (κ3) is 4.55. The number of nitrogens with zero attached hydrogens (tertiary/aromatic N) is 1. The number of aliphatic hydroxyl groups is 1. The summed E-state index contributed by atoms with van der Waals surface area (Å²) < 4.78 is 6.61. The number of methoxy groups -OCH3 is 1. The maximum Gasteiger partial charge on any atom is 0.251 e. The largest absolute Gasteiger partial charge is 0.501 e. The minimum absolute atomic E-state index is 0.0960. The molecule has 2 aliphatic carbocycles. The van der Waals surface area contributed by atoms with E-state index in [9.17, 15) is 9.90 Å². The molecule has 2 N–H and O–H groups in total. The highest BCUT2D eigenvalue weighted by atomic mass is 32.1. The molecule has 0 aliphatic heterocycles. The van der Waals surface area contributed by atoms with Crippen LogP contribution in [0, 0.1) is 0 Å². The van der Waals surface area contributed by atoms with E-state index in [1.54, 1.807) is 25.4 Å². The maximum absolute atomic E-state index is 12.9. The van der Waals surface area contributed by atoms with Gasteiger partial charge in [0.05, 0.1) is 29.2 Å². The third-order valence-electron chi connectivity index (χ3n) is 5.32. The first-order valence-corrected chi connectivity index (χ1v) is 11.1. The number of nitrogens with one attached hydrogen (secondary N) is 1. The Morgan fingerprint density at radius 1 is 1.27 bits per heavy atom. The van der Waals surface area contributed by atoms with Crippen molar-refractivity contribution in [2.24, 2.45) is 0 Å². The van der Waals surface area contributed by atoms with Gasteiger partial charge in [0.15, 0.2) is 0 Å². The van der Waals surface area contributed by atoms with Gasteiger partial charge in [0, 0.05) is 24.1 Å². The molecule has 1 aromatic carbocycles. The topological polar surface area (TPSA) is 71.5 Å². The zero-order chi connectivity index (χ0) is 21.1. The molecule has 2 aliphatic rings. The first kappa shape index (κ1) is 20.6. The Morgan fingerprint density at radius 3 is 2.87 bits per heavy atom. The predicted octanol–water partition coefficient (Wildman–Crippen LogP) is 4.87. The minimum Gasteiger partial charge on any atom is -0.501 e. The van der Waals surface area contributed by atoms with Gasteiger partial charge in [-0.05, 0) is 61.6 Å². The number of fused-ring (bicyclic) bond motifs is 1. The molecular weight excluding hydrogens is 396 g/mol. The first-order chi connectivity index (χ1) is 14.5. The highest BCUT2D eigenvalue weighted by molar-refractivity contribution is 7.19. The van der Waals surface area contributed by atoms with E-state index in [4.69, 9.17) is 9.72 Å². The zero-order valence-electron chi connectivity index (χ0n) is 17.3. The van der Waals surface area contributed by atoms with Crippen LogP contribution in [-0.2, 0) is 9.53 Å². The number of benzene rings is 1. The van der Waals surface area contributed by atoms with Crippen LogP contribution in [0.1, 0.15) is 44.0 Å². The number of rotatable bonds is 6. The molecule has 1 atom stereocenters. The molecule has 0 bridgehead atoms. The van der Waals surface area contributed by atoms with Crippen molar-refractivity contribution < 1.29 is 14.6 Å². The highest BCUT2D eigenvalue weighted by Crippen LogP contribution is 2.32. The second kappa shape index (κ2) is 8.98. The molecule has 2 aromatic rings. The van der Waals surface area contributed by atoms with Crippen molar-refractivity contribution in [1.29, 1.82) is 0 Å². The summed E-state index contributed by atoms with van der Waals surface area (Å²) in [5.74, 6) is 0.753. The molecule has 1 aromatic heterocycles. The fourth-order valence-electron chi connectivity index (χ4n) is 3.85. The normalized spacial score (nSPS) is 17.9. The number of hydrogen-bond acceptors (Lipinski definition) is 5. The van der Waals surface area contributed by atoms with Crippen LogP contribution < -0.4 is 5.32 Å². The monoisotopic (exact) mass is 422 g/mol. The molecule has 0 radical (unpaired) electrons. The SMILES string of the molecule is COC1=C(CC(C)O)C=C(C(=O)NC2=CCCC(c3nc4ccccc4s3)=C2)CC1. The Hall–Kier alpha value is -2.70. The van der Waals surface area contributed by atoms with E-state index < -0.39 is 6.10 Å². The van der Waals surface area contributed by atoms with Crippen LogP contribution >= 0.6 is 11.3 Å². The number of hydrogen-bond donors (Lipinski definition) is 2. The van der Waals surface area contributed by atoms with Crippen molar-refractivity contribution in [3.8, 4) is 0 Å². The van der Waals surface area contributed by atoms with Gasteiger partial charge in [-0.3, -0.25) is 4.79 Å². The van der Waals surface area contributed by atoms with Crippen molar-refractivity contribution in [3.05, 3.63) is 70.1 Å². The Kier molecular flexibility index (Phi) is 6.16. The number of ether oxygens (including phenoxy) is 1. The number of carbonyl (C=O) groups is 1. The average molecular weight is 423 g/mol. The van der Waals surface area contributed by atoms with E-state index in [1.807, 2.05) is 30.4 Å². The van der Waals surface area contributed by atoms with Crippen molar-refractivity contribution in [2.75, 3.05) is 7.11 Å². The number of aliphatic hydroxyl groups excluding tert-OH is 1. The van der Waals surface area contributed by atoms with Gasteiger partial charge < -0.3 is 15.2 Å². The van der Waals surface area contributed by atoms with Crippen molar-refractivity contribution in [1.82, 2.24) is 10.3 Å². The quantitative estimate of drug-likeness (QED) is 0.697. The van der Waals surface area contributed by atoms with Crippen LogP contribution in [0.2, 0.25) is 0 Å². The van der Waals surface area contributed by atoms with Crippen LogP contribution in [-0.4, -0.2) is 29.2 Å². The lowest BCUT2D eigenvalue weighted by Gasteiger charge is -2.21. The molecular formula is C24H26N2O3S. The lowest BCUT2D eigenvalue weighted by molar-refractivity contribution is -0.116. The first-order valence-electron chi connectivity index (χ1n) is 10.3. The number of para-hydroxylation sites is 1. The van der Waals surface area contributed by atoms with Crippen molar-refractivity contribution in [2.45, 2.75) is 45.1 Å². The number of allylic oxidation sites excluding steroid dienone is 5. The summed E-state index contributed by atoms with van der Waals surface area (Å²) in [4.78, 5) is 17.6. The molecule has 1 amide bonds. The smallest absolute Gasteiger partial charge is 0.251 e. The zero-order valence-corrected chi connectivity index (χ0v) is 18.1. The van der Waals surface area contributed by atoms with E-state index >= 15 is 0 Å². The maximum atomic E-state index is 12.9. The van der Waals surface area contributed by atoms with Gasteiger partial charge in [-0.1, -0.05) is 18.2 Å². The van der Waals surface area contributed by atoms with Gasteiger partial charge >= 0.3 is 0 Å².